The Morgan fingerprint density at radius 1 is 0.756 bits per heavy atom. The van der Waals surface area contributed by atoms with Crippen molar-refractivity contribution in [1.29, 1.82) is 0 Å². The molecule has 8 amide bonds. The molecule has 3 aromatic rings. The highest BCUT2D eigenvalue weighted by Gasteiger charge is 2.39. The fourth-order valence-electron chi connectivity index (χ4n) is 8.50. The van der Waals surface area contributed by atoms with Crippen molar-refractivity contribution in [2.45, 2.75) is 136 Å². The molecular formula is C53H68F2N8O15. The second-order valence-electron chi connectivity index (χ2n) is 20.1. The van der Waals surface area contributed by atoms with Gasteiger partial charge in [-0.05, 0) is 67.3 Å². The maximum Gasteiger partial charge on any atom is 0.333 e. The van der Waals surface area contributed by atoms with Crippen molar-refractivity contribution in [3.63, 3.8) is 0 Å². The molecule has 5 unspecified atom stereocenters. The van der Waals surface area contributed by atoms with Gasteiger partial charge in [-0.3, -0.25) is 43.2 Å². The van der Waals surface area contributed by atoms with Crippen LogP contribution in [0.2, 0.25) is 0 Å². The Balaban J connectivity index is 1.60. The van der Waals surface area contributed by atoms with Gasteiger partial charge >= 0.3 is 17.9 Å². The first-order chi connectivity index (χ1) is 36.7. The van der Waals surface area contributed by atoms with Gasteiger partial charge in [0.2, 0.25) is 35.4 Å². The summed E-state index contributed by atoms with van der Waals surface area (Å²) in [6, 6.07) is 6.99. The Hall–Kier alpha value is -8.09. The molecule has 0 radical (unpaired) electrons. The molecule has 25 heteroatoms. The number of carboxylic acid groups (broad SMARTS) is 2. The molecule has 1 aliphatic rings. The van der Waals surface area contributed by atoms with E-state index in [1.54, 1.807) is 51.4 Å². The standard InChI is InChI=1S/C53H68F2N8O15/c1-30(2)47(60-40(65)13-10-14-46(72)78-63-42(67)18-19-43(63)68)51(75)57-31(3)49(73)59-37(50(74)56-23-21-41(66)58-38(52(76)77)17-20-45(70)71)22-24-62(44(69)29-64)48(53(4,5)6)39-25-33(35-26-34(54)15-16-36(35)55)28-61(39)27-32-11-8-7-9-12-32/h7-9,11-12,15-16,25-26,28,30-31,37-38,47-48,64H,10,13-14,17-24,27,29H2,1-6H3,(H,56,74)(H,57,75)(H,58,66)(H,59,73)(H,60,65)(H,70,71)(H,76,77). The Bertz CT molecular complexity index is 2680. The van der Waals surface area contributed by atoms with Crippen molar-refractivity contribution in [2.75, 3.05) is 19.7 Å². The largest absolute Gasteiger partial charge is 0.481 e. The number of nitrogens with one attached hydrogen (secondary N) is 5. The number of rotatable bonds is 29. The van der Waals surface area contributed by atoms with E-state index in [-0.39, 0.29) is 62.7 Å². The van der Waals surface area contributed by atoms with Crippen LogP contribution in [0.25, 0.3) is 11.1 Å². The molecule has 1 saturated heterocycles. The maximum absolute atomic E-state index is 15.4. The summed E-state index contributed by atoms with van der Waals surface area (Å²) >= 11 is 0. The number of hydrogen-bond acceptors (Lipinski definition) is 13. The third-order valence-corrected chi connectivity index (χ3v) is 12.5. The number of carbonyl (C=O) groups is 11. The van der Waals surface area contributed by atoms with E-state index in [2.05, 4.69) is 26.6 Å². The number of carboxylic acids is 2. The van der Waals surface area contributed by atoms with Gasteiger partial charge in [-0.15, -0.1) is 5.06 Å². The molecule has 0 spiro atoms. The van der Waals surface area contributed by atoms with Crippen LogP contribution in [0.15, 0.2) is 60.8 Å². The number of carbonyl (C=O) groups excluding carboxylic acids is 9. The van der Waals surface area contributed by atoms with E-state index in [1.165, 1.54) is 11.8 Å². The summed E-state index contributed by atoms with van der Waals surface area (Å²) in [6.45, 7) is 8.26. The molecule has 5 atom stereocenters. The van der Waals surface area contributed by atoms with Crippen LogP contribution in [-0.4, -0.2) is 139 Å². The van der Waals surface area contributed by atoms with E-state index in [0.717, 1.165) is 23.8 Å². The van der Waals surface area contributed by atoms with Gasteiger partial charge in [-0.1, -0.05) is 65.0 Å². The molecule has 424 valence electrons. The molecule has 8 N–H and O–H groups in total. The highest BCUT2D eigenvalue weighted by atomic mass is 19.1. The summed E-state index contributed by atoms with van der Waals surface area (Å²) in [5, 5.41) is 41.7. The number of nitrogens with zero attached hydrogens (tertiary/aromatic N) is 3. The number of hydrogen-bond donors (Lipinski definition) is 8. The van der Waals surface area contributed by atoms with Crippen molar-refractivity contribution in [1.82, 2.24) is 41.1 Å². The van der Waals surface area contributed by atoms with Crippen LogP contribution >= 0.6 is 0 Å². The third kappa shape index (κ3) is 18.6. The third-order valence-electron chi connectivity index (χ3n) is 12.5. The van der Waals surface area contributed by atoms with Gasteiger partial charge in [-0.25, -0.2) is 18.4 Å². The summed E-state index contributed by atoms with van der Waals surface area (Å²) in [5.41, 5.74) is 0.517. The molecule has 1 aromatic heterocycles. The van der Waals surface area contributed by atoms with Crippen LogP contribution < -0.4 is 26.6 Å². The van der Waals surface area contributed by atoms with Crippen LogP contribution in [0.3, 0.4) is 0 Å². The predicted molar refractivity (Wildman–Crippen MR) is 272 cm³/mol. The summed E-state index contributed by atoms with van der Waals surface area (Å²) in [7, 11) is 0. The van der Waals surface area contributed by atoms with Crippen LogP contribution in [0, 0.1) is 23.0 Å². The molecule has 1 fully saturated rings. The molecule has 78 heavy (non-hydrogen) atoms. The number of aliphatic hydroxyl groups excluding tert-OH is 1. The SMILES string of the molecule is CC(NC(=O)C(NC(=O)CCCC(=O)ON1C(=O)CCC1=O)C(C)C)C(=O)NC(CCN(C(=O)CO)C(c1cc(-c2cc(F)ccc2F)cn1Cc1ccccc1)C(C)(C)C)C(=O)NCCC(=O)NC(CCC(=O)O)C(=O)O. The molecule has 0 saturated carbocycles. The van der Waals surface area contributed by atoms with Crippen LogP contribution in [0.5, 0.6) is 0 Å². The van der Waals surface area contributed by atoms with Gasteiger partial charge in [0.15, 0.2) is 0 Å². The number of amides is 8. The molecule has 0 bridgehead atoms. The van der Waals surface area contributed by atoms with Gasteiger partial charge in [-0.2, -0.15) is 0 Å². The second-order valence-corrected chi connectivity index (χ2v) is 20.1. The summed E-state index contributed by atoms with van der Waals surface area (Å²) in [5.74, 6) is -12.0. The Morgan fingerprint density at radius 2 is 1.41 bits per heavy atom. The Morgan fingerprint density at radius 3 is 2.01 bits per heavy atom. The van der Waals surface area contributed by atoms with Crippen molar-refractivity contribution >= 4 is 65.2 Å². The zero-order valence-electron chi connectivity index (χ0n) is 44.3. The van der Waals surface area contributed by atoms with Gasteiger partial charge in [0.05, 0.1) is 6.04 Å². The van der Waals surface area contributed by atoms with Crippen molar-refractivity contribution in [3.05, 3.63) is 83.7 Å². The highest BCUT2D eigenvalue weighted by Crippen LogP contribution is 2.41. The zero-order chi connectivity index (χ0) is 58.0. The lowest BCUT2D eigenvalue weighted by Crippen LogP contribution is -2.57. The molecular weight excluding hydrogens is 1030 g/mol. The minimum Gasteiger partial charge on any atom is -0.481 e. The molecule has 0 aliphatic carbocycles. The van der Waals surface area contributed by atoms with E-state index in [1.807, 2.05) is 30.3 Å². The van der Waals surface area contributed by atoms with E-state index < -0.39 is 151 Å². The zero-order valence-corrected chi connectivity index (χ0v) is 44.3. The predicted octanol–water partition coefficient (Wildman–Crippen LogP) is 2.63. The smallest absolute Gasteiger partial charge is 0.333 e. The number of halogens is 2. The fourth-order valence-corrected chi connectivity index (χ4v) is 8.50. The lowest BCUT2D eigenvalue weighted by Gasteiger charge is -2.41. The second kappa shape index (κ2) is 28.9. The fraction of sp³-hybridized carbons (Fsp3) is 0.491. The van der Waals surface area contributed by atoms with E-state index >= 15 is 4.39 Å². The average molecular weight is 1100 g/mol. The average Bonchev–Trinajstić information content (AvgIpc) is 3.99. The summed E-state index contributed by atoms with van der Waals surface area (Å²) < 4.78 is 31.7. The van der Waals surface area contributed by atoms with E-state index in [4.69, 9.17) is 9.94 Å². The number of aliphatic carboxylic acids is 2. The first-order valence-electron chi connectivity index (χ1n) is 25.3. The van der Waals surface area contributed by atoms with Crippen LogP contribution in [-0.2, 0) is 64.1 Å². The molecule has 2 aromatic carbocycles. The first-order valence-corrected chi connectivity index (χ1v) is 25.3. The Labute approximate surface area is 448 Å². The molecule has 1 aliphatic heterocycles. The lowest BCUT2D eigenvalue weighted by molar-refractivity contribution is -0.197. The summed E-state index contributed by atoms with van der Waals surface area (Å²) in [6.07, 6.45) is -1.17. The van der Waals surface area contributed by atoms with Crippen molar-refractivity contribution in [2.24, 2.45) is 11.3 Å². The minimum absolute atomic E-state index is 0.0706. The number of hydroxylamine groups is 2. The normalized spacial score (nSPS) is 14.4. The number of aliphatic hydroxyl groups is 1. The minimum atomic E-state index is -1.56. The van der Waals surface area contributed by atoms with E-state index in [9.17, 15) is 67.3 Å². The Kier molecular flexibility index (Phi) is 23.1. The highest BCUT2D eigenvalue weighted by molar-refractivity contribution is 6.01. The van der Waals surface area contributed by atoms with Crippen LogP contribution in [0.4, 0.5) is 8.78 Å². The van der Waals surface area contributed by atoms with Gasteiger partial charge in [0.25, 0.3) is 11.8 Å². The monoisotopic (exact) mass is 1090 g/mol. The van der Waals surface area contributed by atoms with Gasteiger partial charge < -0.3 is 56.2 Å². The van der Waals surface area contributed by atoms with Crippen LogP contribution in [0.1, 0.15) is 117 Å². The van der Waals surface area contributed by atoms with E-state index in [0.29, 0.717) is 10.8 Å². The molecule has 23 nitrogen and oxygen atoms in total. The topological polar surface area (TPSA) is 329 Å². The lowest BCUT2D eigenvalue weighted by atomic mass is 9.82. The van der Waals surface area contributed by atoms with Gasteiger partial charge in [0.1, 0.15) is 42.4 Å². The quantitative estimate of drug-likeness (QED) is 0.0464. The van der Waals surface area contributed by atoms with Crippen molar-refractivity contribution in [3.8, 4) is 11.1 Å². The number of benzene rings is 2. The first kappa shape index (κ1) is 62.4. The number of aromatic nitrogens is 1. The van der Waals surface area contributed by atoms with Crippen molar-refractivity contribution < 1.29 is 81.7 Å². The molecule has 4 rings (SSSR count). The maximum atomic E-state index is 15.4. The summed E-state index contributed by atoms with van der Waals surface area (Å²) in [4.78, 5) is 146. The van der Waals surface area contributed by atoms with Gasteiger partial charge in [0, 0.05) is 81.2 Å². The molecule has 2 heterocycles. The number of imide groups is 1.